The smallest absolute Gasteiger partial charge is 0.330 e. The van der Waals surface area contributed by atoms with Crippen LogP contribution >= 0.6 is 0 Å². The summed E-state index contributed by atoms with van der Waals surface area (Å²) in [6, 6.07) is 20.9. The van der Waals surface area contributed by atoms with Gasteiger partial charge in [-0.15, -0.1) is 0 Å². The van der Waals surface area contributed by atoms with Gasteiger partial charge in [0, 0.05) is 41.5 Å². The lowest BCUT2D eigenvalue weighted by Crippen LogP contribution is -2.13. The number of anilines is 2. The molecule has 0 amide bonds. The molecule has 0 aliphatic heterocycles. The minimum atomic E-state index is -0.487. The topological polar surface area (TPSA) is 73.2 Å². The molecule has 148 valence electrons. The third-order valence-electron chi connectivity index (χ3n) is 4.60. The van der Waals surface area contributed by atoms with Crippen LogP contribution in [-0.2, 0) is 9.53 Å². The zero-order valence-corrected chi connectivity index (χ0v) is 16.3. The molecule has 2 aromatic carbocycles. The van der Waals surface area contributed by atoms with E-state index in [0.29, 0.717) is 22.3 Å². The van der Waals surface area contributed by atoms with Crippen LogP contribution < -0.4 is 10.7 Å². The highest BCUT2D eigenvalue weighted by molar-refractivity contribution is 5.94. The molecule has 0 radical (unpaired) electrons. The van der Waals surface area contributed by atoms with E-state index in [1.165, 1.54) is 13.2 Å². The zero-order valence-electron chi connectivity index (χ0n) is 16.3. The van der Waals surface area contributed by atoms with Gasteiger partial charge in [0.1, 0.15) is 5.82 Å². The number of ether oxygens (including phenoxy) is 1. The lowest BCUT2D eigenvalue weighted by atomic mass is 10.1. The van der Waals surface area contributed by atoms with E-state index in [4.69, 9.17) is 4.74 Å². The highest BCUT2D eigenvalue weighted by Crippen LogP contribution is 2.27. The second-order valence-electron chi connectivity index (χ2n) is 6.54. The molecular weight excluding hydrogens is 378 g/mol. The van der Waals surface area contributed by atoms with Crippen molar-refractivity contribution < 1.29 is 9.53 Å². The highest BCUT2D eigenvalue weighted by Gasteiger charge is 2.14. The number of nitrogens with zero attached hydrogens (tertiary/aromatic N) is 2. The van der Waals surface area contributed by atoms with E-state index in [2.05, 4.69) is 10.3 Å². The van der Waals surface area contributed by atoms with Crippen molar-refractivity contribution in [2.75, 3.05) is 12.4 Å². The SMILES string of the molecule is COC(=O)C=Cc1cncc2c(=O)cc(Nc3ccccc3)n(-c3ccccc3)c12. The number of benzene rings is 2. The van der Waals surface area contributed by atoms with Gasteiger partial charge in [0.2, 0.25) is 0 Å². The van der Waals surface area contributed by atoms with Gasteiger partial charge in [0.05, 0.1) is 18.0 Å². The van der Waals surface area contributed by atoms with Crippen LogP contribution in [0.25, 0.3) is 22.7 Å². The van der Waals surface area contributed by atoms with Crippen LogP contribution in [0.15, 0.2) is 90.0 Å². The molecule has 2 heterocycles. The van der Waals surface area contributed by atoms with Gasteiger partial charge in [0.25, 0.3) is 0 Å². The molecule has 0 bridgehead atoms. The second-order valence-corrected chi connectivity index (χ2v) is 6.54. The molecule has 0 saturated heterocycles. The maximum atomic E-state index is 12.9. The minimum absolute atomic E-state index is 0.170. The molecule has 4 rings (SSSR count). The van der Waals surface area contributed by atoms with Crippen molar-refractivity contribution in [2.45, 2.75) is 0 Å². The summed E-state index contributed by atoms with van der Waals surface area (Å²) in [5.74, 6) is 0.114. The van der Waals surface area contributed by atoms with E-state index in [0.717, 1.165) is 11.4 Å². The Hall–Kier alpha value is -4.19. The van der Waals surface area contributed by atoms with E-state index in [-0.39, 0.29) is 5.43 Å². The Labute approximate surface area is 173 Å². The summed E-state index contributed by atoms with van der Waals surface area (Å²) in [4.78, 5) is 28.7. The van der Waals surface area contributed by atoms with Crippen LogP contribution in [-0.4, -0.2) is 22.6 Å². The van der Waals surface area contributed by atoms with E-state index < -0.39 is 5.97 Å². The fourth-order valence-electron chi connectivity index (χ4n) is 3.24. The van der Waals surface area contributed by atoms with Crippen molar-refractivity contribution in [3.63, 3.8) is 0 Å². The average Bonchev–Trinajstić information content (AvgIpc) is 2.79. The predicted molar refractivity (Wildman–Crippen MR) is 118 cm³/mol. The lowest BCUT2D eigenvalue weighted by molar-refractivity contribution is -0.134. The van der Waals surface area contributed by atoms with Gasteiger partial charge < -0.3 is 10.1 Å². The Morgan fingerprint density at radius 1 is 1.03 bits per heavy atom. The molecule has 0 aliphatic rings. The first-order valence-corrected chi connectivity index (χ1v) is 9.34. The van der Waals surface area contributed by atoms with Crippen molar-refractivity contribution >= 4 is 34.5 Å². The summed E-state index contributed by atoms with van der Waals surface area (Å²) in [7, 11) is 1.32. The van der Waals surface area contributed by atoms with Gasteiger partial charge in [0.15, 0.2) is 5.43 Å². The number of pyridine rings is 2. The Morgan fingerprint density at radius 3 is 2.43 bits per heavy atom. The number of esters is 1. The first-order chi connectivity index (χ1) is 14.7. The van der Waals surface area contributed by atoms with E-state index in [1.54, 1.807) is 24.5 Å². The summed E-state index contributed by atoms with van der Waals surface area (Å²) >= 11 is 0. The molecule has 0 unspecified atom stereocenters. The number of carbonyl (C=O) groups is 1. The van der Waals surface area contributed by atoms with Gasteiger partial charge >= 0.3 is 5.97 Å². The Morgan fingerprint density at radius 2 is 1.73 bits per heavy atom. The Balaban J connectivity index is 2.03. The number of para-hydroxylation sites is 2. The standard InChI is InChI=1S/C24H19N3O3/c1-30-23(29)13-12-17-15-25-16-20-21(28)14-22(26-18-8-4-2-5-9-18)27(24(17)20)19-10-6-3-7-11-19/h2-16,26H,1H3. The molecule has 4 aromatic rings. The predicted octanol–water partition coefficient (Wildman–Crippen LogP) is 4.32. The molecule has 6 nitrogen and oxygen atoms in total. The molecule has 0 atom stereocenters. The molecule has 0 fully saturated rings. The maximum Gasteiger partial charge on any atom is 0.330 e. The monoisotopic (exact) mass is 397 g/mol. The number of fused-ring (bicyclic) bond motifs is 1. The number of hydrogen-bond donors (Lipinski definition) is 1. The van der Waals surface area contributed by atoms with Gasteiger partial charge in [-0.25, -0.2) is 4.79 Å². The quantitative estimate of drug-likeness (QED) is 0.401. The molecule has 30 heavy (non-hydrogen) atoms. The normalized spacial score (nSPS) is 11.0. The maximum absolute atomic E-state index is 12.9. The van der Waals surface area contributed by atoms with E-state index >= 15 is 0 Å². The lowest BCUT2D eigenvalue weighted by Gasteiger charge is -2.19. The molecule has 2 aromatic heterocycles. The summed E-state index contributed by atoms with van der Waals surface area (Å²) in [5.41, 5.74) is 2.80. The van der Waals surface area contributed by atoms with E-state index in [1.807, 2.05) is 65.2 Å². The van der Waals surface area contributed by atoms with Crippen LogP contribution in [0.1, 0.15) is 5.56 Å². The summed E-state index contributed by atoms with van der Waals surface area (Å²) in [6.07, 6.45) is 6.08. The number of rotatable bonds is 5. The van der Waals surface area contributed by atoms with E-state index in [9.17, 15) is 9.59 Å². The number of methoxy groups -OCH3 is 1. The molecule has 0 spiro atoms. The number of carbonyl (C=O) groups excluding carboxylic acids is 1. The minimum Gasteiger partial charge on any atom is -0.466 e. The van der Waals surface area contributed by atoms with Crippen molar-refractivity contribution in [3.8, 4) is 5.69 Å². The van der Waals surface area contributed by atoms with Crippen LogP contribution in [0.2, 0.25) is 0 Å². The first kappa shape index (κ1) is 19.1. The molecule has 6 heteroatoms. The molecule has 0 saturated carbocycles. The van der Waals surface area contributed by atoms with Crippen molar-refractivity contribution in [2.24, 2.45) is 0 Å². The fourth-order valence-corrected chi connectivity index (χ4v) is 3.24. The highest BCUT2D eigenvalue weighted by atomic mass is 16.5. The fraction of sp³-hybridized carbons (Fsp3) is 0.0417. The summed E-state index contributed by atoms with van der Waals surface area (Å²) in [6.45, 7) is 0. The number of aromatic nitrogens is 2. The van der Waals surface area contributed by atoms with Crippen LogP contribution in [0, 0.1) is 0 Å². The van der Waals surface area contributed by atoms with Gasteiger partial charge in [-0.3, -0.25) is 14.3 Å². The third kappa shape index (κ3) is 3.84. The van der Waals surface area contributed by atoms with Crippen molar-refractivity contribution in [1.82, 2.24) is 9.55 Å². The second kappa shape index (κ2) is 8.45. The van der Waals surface area contributed by atoms with Gasteiger partial charge in [-0.05, 0) is 30.3 Å². The van der Waals surface area contributed by atoms with Crippen molar-refractivity contribution in [1.29, 1.82) is 0 Å². The molecule has 0 aliphatic carbocycles. The Kier molecular flexibility index (Phi) is 5.39. The number of nitrogens with one attached hydrogen (secondary N) is 1. The Bertz CT molecular complexity index is 1280. The largest absolute Gasteiger partial charge is 0.466 e. The van der Waals surface area contributed by atoms with Crippen LogP contribution in [0.4, 0.5) is 11.5 Å². The van der Waals surface area contributed by atoms with Gasteiger partial charge in [-0.2, -0.15) is 0 Å². The molecule has 1 N–H and O–H groups in total. The number of hydrogen-bond acceptors (Lipinski definition) is 5. The summed E-state index contributed by atoms with van der Waals surface area (Å²) < 4.78 is 6.65. The first-order valence-electron chi connectivity index (χ1n) is 9.34. The average molecular weight is 397 g/mol. The van der Waals surface area contributed by atoms with Gasteiger partial charge in [-0.1, -0.05) is 36.4 Å². The third-order valence-corrected chi connectivity index (χ3v) is 4.60. The zero-order chi connectivity index (χ0) is 20.9. The molecular formula is C24H19N3O3. The van der Waals surface area contributed by atoms with Crippen molar-refractivity contribution in [3.05, 3.63) is 101 Å². The van der Waals surface area contributed by atoms with Crippen LogP contribution in [0.5, 0.6) is 0 Å². The van der Waals surface area contributed by atoms with Crippen LogP contribution in [0.3, 0.4) is 0 Å². The summed E-state index contributed by atoms with van der Waals surface area (Å²) in [5, 5.41) is 3.78.